The number of nitrogens with one attached hydrogen (secondary N) is 1. The van der Waals surface area contributed by atoms with Crippen LogP contribution in [0.2, 0.25) is 5.02 Å². The lowest BCUT2D eigenvalue weighted by Gasteiger charge is -2.11. The van der Waals surface area contributed by atoms with Crippen LogP contribution in [0.15, 0.2) is 65.7 Å². The van der Waals surface area contributed by atoms with E-state index in [-0.39, 0.29) is 11.7 Å². The first kappa shape index (κ1) is 24.3. The summed E-state index contributed by atoms with van der Waals surface area (Å²) < 4.78 is 2.01. The SMILES string of the molecule is C=CCn1c(SCC(=O)Nc2cccc(Cl)c2C)nnc1-c1csc(C)c1-c1ccc(C)cc1. The number of hydrogen-bond donors (Lipinski definition) is 1. The van der Waals surface area contributed by atoms with Crippen molar-refractivity contribution < 1.29 is 4.79 Å². The number of benzene rings is 2. The Bertz CT molecular complexity index is 1340. The van der Waals surface area contributed by atoms with Gasteiger partial charge in [0.2, 0.25) is 5.91 Å². The molecule has 0 saturated heterocycles. The van der Waals surface area contributed by atoms with Crippen molar-refractivity contribution in [1.82, 2.24) is 14.8 Å². The third-order valence-corrected chi connectivity index (χ3v) is 7.75. The number of rotatable bonds is 8. The van der Waals surface area contributed by atoms with E-state index in [9.17, 15) is 4.79 Å². The normalized spacial score (nSPS) is 10.9. The fraction of sp³-hybridized carbons (Fsp3) is 0.192. The highest BCUT2D eigenvalue weighted by Gasteiger charge is 2.21. The van der Waals surface area contributed by atoms with Crippen LogP contribution < -0.4 is 5.32 Å². The number of thiophene rings is 1. The van der Waals surface area contributed by atoms with Crippen LogP contribution in [0.1, 0.15) is 16.0 Å². The molecule has 0 saturated carbocycles. The van der Waals surface area contributed by atoms with E-state index in [2.05, 4.69) is 65.6 Å². The number of allylic oxidation sites excluding steroid dienone is 1. The summed E-state index contributed by atoms with van der Waals surface area (Å²) in [5.74, 6) is 0.847. The smallest absolute Gasteiger partial charge is 0.234 e. The zero-order chi connectivity index (χ0) is 24.2. The first-order chi connectivity index (χ1) is 16.4. The van der Waals surface area contributed by atoms with Gasteiger partial charge in [-0.1, -0.05) is 65.3 Å². The predicted molar refractivity (Wildman–Crippen MR) is 144 cm³/mol. The Labute approximate surface area is 212 Å². The molecule has 0 atom stereocenters. The summed E-state index contributed by atoms with van der Waals surface area (Å²) in [6.45, 7) is 10.5. The van der Waals surface area contributed by atoms with E-state index in [0.717, 1.165) is 28.1 Å². The molecular formula is C26H25ClN4OS2. The van der Waals surface area contributed by atoms with Crippen LogP contribution in [-0.4, -0.2) is 26.4 Å². The molecule has 0 fully saturated rings. The minimum Gasteiger partial charge on any atom is -0.325 e. The molecule has 0 spiro atoms. The zero-order valence-electron chi connectivity index (χ0n) is 19.3. The van der Waals surface area contributed by atoms with Crippen molar-refractivity contribution in [3.05, 3.63) is 81.5 Å². The maximum absolute atomic E-state index is 12.6. The molecular weight excluding hydrogens is 484 g/mol. The lowest BCUT2D eigenvalue weighted by atomic mass is 10.0. The van der Waals surface area contributed by atoms with Crippen LogP contribution in [0.4, 0.5) is 5.69 Å². The summed E-state index contributed by atoms with van der Waals surface area (Å²) in [5.41, 5.74) is 6.12. The van der Waals surface area contributed by atoms with Crippen LogP contribution >= 0.6 is 34.7 Å². The summed E-state index contributed by atoms with van der Waals surface area (Å²) >= 11 is 9.21. The second-order valence-electron chi connectivity index (χ2n) is 7.90. The number of halogens is 1. The fourth-order valence-electron chi connectivity index (χ4n) is 3.65. The Morgan fingerprint density at radius 1 is 1.18 bits per heavy atom. The van der Waals surface area contributed by atoms with Crippen LogP contribution in [0.5, 0.6) is 0 Å². The van der Waals surface area contributed by atoms with Crippen molar-refractivity contribution in [2.75, 3.05) is 11.1 Å². The highest BCUT2D eigenvalue weighted by molar-refractivity contribution is 7.99. The highest BCUT2D eigenvalue weighted by atomic mass is 35.5. The molecule has 4 rings (SSSR count). The van der Waals surface area contributed by atoms with Gasteiger partial charge in [-0.25, -0.2) is 0 Å². The van der Waals surface area contributed by atoms with Gasteiger partial charge in [0, 0.05) is 38.6 Å². The average molecular weight is 509 g/mol. The van der Waals surface area contributed by atoms with Crippen LogP contribution in [0, 0.1) is 20.8 Å². The van der Waals surface area contributed by atoms with E-state index in [0.29, 0.717) is 22.4 Å². The van der Waals surface area contributed by atoms with Crippen molar-refractivity contribution in [1.29, 1.82) is 0 Å². The van der Waals surface area contributed by atoms with Crippen molar-refractivity contribution >= 4 is 46.3 Å². The summed E-state index contributed by atoms with van der Waals surface area (Å²) in [4.78, 5) is 13.8. The molecule has 0 radical (unpaired) electrons. The predicted octanol–water partition coefficient (Wildman–Crippen LogP) is 7.17. The van der Waals surface area contributed by atoms with E-state index >= 15 is 0 Å². The Hall–Kier alpha value is -2.87. The molecule has 0 unspecified atom stereocenters. The van der Waals surface area contributed by atoms with Gasteiger partial charge in [0.15, 0.2) is 11.0 Å². The standard InChI is InChI=1S/C26H25ClN4OS2/c1-5-13-31-25(20-14-33-18(4)24(20)19-11-9-16(2)10-12-19)29-30-26(31)34-15-23(32)28-22-8-6-7-21(27)17(22)3/h5-12,14H,1,13,15H2,2-4H3,(H,28,32). The summed E-state index contributed by atoms with van der Waals surface area (Å²) in [7, 11) is 0. The number of aryl methyl sites for hydroxylation is 2. The van der Waals surface area contributed by atoms with E-state index in [1.165, 1.54) is 22.2 Å². The van der Waals surface area contributed by atoms with Gasteiger partial charge in [0.1, 0.15) is 0 Å². The van der Waals surface area contributed by atoms with E-state index < -0.39 is 0 Å². The van der Waals surface area contributed by atoms with Gasteiger partial charge >= 0.3 is 0 Å². The van der Waals surface area contributed by atoms with Crippen molar-refractivity contribution in [3.8, 4) is 22.5 Å². The van der Waals surface area contributed by atoms with Gasteiger partial charge in [-0.15, -0.1) is 28.1 Å². The van der Waals surface area contributed by atoms with Gasteiger partial charge in [-0.05, 0) is 44.0 Å². The lowest BCUT2D eigenvalue weighted by molar-refractivity contribution is -0.113. The molecule has 34 heavy (non-hydrogen) atoms. The van der Waals surface area contributed by atoms with Gasteiger partial charge in [-0.3, -0.25) is 9.36 Å². The van der Waals surface area contributed by atoms with E-state index in [4.69, 9.17) is 11.6 Å². The fourth-order valence-corrected chi connectivity index (χ4v) is 5.43. The van der Waals surface area contributed by atoms with Gasteiger partial charge < -0.3 is 5.32 Å². The van der Waals surface area contributed by atoms with Gasteiger partial charge in [0.25, 0.3) is 0 Å². The third-order valence-electron chi connectivity index (χ3n) is 5.46. The molecule has 4 aromatic rings. The quantitative estimate of drug-likeness (QED) is 0.202. The number of amides is 1. The highest BCUT2D eigenvalue weighted by Crippen LogP contribution is 2.39. The zero-order valence-corrected chi connectivity index (χ0v) is 21.7. The second kappa shape index (κ2) is 10.6. The molecule has 5 nitrogen and oxygen atoms in total. The van der Waals surface area contributed by atoms with Crippen LogP contribution in [0.3, 0.4) is 0 Å². The van der Waals surface area contributed by atoms with Crippen LogP contribution in [0.25, 0.3) is 22.5 Å². The number of hydrogen-bond acceptors (Lipinski definition) is 5. The van der Waals surface area contributed by atoms with E-state index in [1.54, 1.807) is 17.4 Å². The lowest BCUT2D eigenvalue weighted by Crippen LogP contribution is -2.15. The van der Waals surface area contributed by atoms with E-state index in [1.807, 2.05) is 29.7 Å². The van der Waals surface area contributed by atoms with Crippen molar-refractivity contribution in [2.45, 2.75) is 32.5 Å². The number of aromatic nitrogens is 3. The van der Waals surface area contributed by atoms with Gasteiger partial charge in [-0.2, -0.15) is 0 Å². The minimum absolute atomic E-state index is 0.128. The molecule has 0 aliphatic rings. The molecule has 2 aromatic carbocycles. The largest absolute Gasteiger partial charge is 0.325 e. The molecule has 8 heteroatoms. The monoisotopic (exact) mass is 508 g/mol. The molecule has 2 heterocycles. The number of carbonyl (C=O) groups is 1. The maximum Gasteiger partial charge on any atom is 0.234 e. The average Bonchev–Trinajstić information content (AvgIpc) is 3.39. The molecule has 0 bridgehead atoms. The topological polar surface area (TPSA) is 59.8 Å². The molecule has 0 aliphatic heterocycles. The molecule has 2 aromatic heterocycles. The Morgan fingerprint density at radius 2 is 1.94 bits per heavy atom. The Balaban J connectivity index is 1.58. The summed E-state index contributed by atoms with van der Waals surface area (Å²) in [5, 5.41) is 15.3. The molecule has 1 amide bonds. The molecule has 0 aliphatic carbocycles. The summed E-state index contributed by atoms with van der Waals surface area (Å²) in [6, 6.07) is 14.0. The summed E-state index contributed by atoms with van der Waals surface area (Å²) in [6.07, 6.45) is 1.82. The van der Waals surface area contributed by atoms with Gasteiger partial charge in [0.05, 0.1) is 5.75 Å². The maximum atomic E-state index is 12.6. The number of carbonyl (C=O) groups excluding carboxylic acids is 1. The third kappa shape index (κ3) is 5.12. The minimum atomic E-state index is -0.128. The number of thioether (sulfide) groups is 1. The molecule has 1 N–H and O–H groups in total. The first-order valence-corrected chi connectivity index (χ1v) is 13.0. The number of anilines is 1. The van der Waals surface area contributed by atoms with Crippen molar-refractivity contribution in [2.24, 2.45) is 0 Å². The molecule has 174 valence electrons. The first-order valence-electron chi connectivity index (χ1n) is 10.8. The Morgan fingerprint density at radius 3 is 2.68 bits per heavy atom. The number of nitrogens with zero attached hydrogens (tertiary/aromatic N) is 3. The Kier molecular flexibility index (Phi) is 7.56. The van der Waals surface area contributed by atoms with Crippen LogP contribution in [-0.2, 0) is 11.3 Å². The second-order valence-corrected chi connectivity index (χ2v) is 10.3. The van der Waals surface area contributed by atoms with Crippen molar-refractivity contribution in [3.63, 3.8) is 0 Å².